The third kappa shape index (κ3) is 4.58. The van der Waals surface area contributed by atoms with Crippen LogP contribution in [0.2, 0.25) is 0 Å². The van der Waals surface area contributed by atoms with E-state index >= 15 is 0 Å². The number of fused-ring (bicyclic) bond motifs is 10. The maximum Gasteiger partial charge on any atom is 0.143 e. The highest BCUT2D eigenvalue weighted by Crippen LogP contribution is 2.43. The Hall–Kier alpha value is -6.62. The van der Waals surface area contributed by atoms with Crippen molar-refractivity contribution in [2.45, 2.75) is 0 Å². The van der Waals surface area contributed by atoms with Crippen LogP contribution in [-0.2, 0) is 0 Å². The number of furan rings is 2. The molecule has 244 valence electrons. The Morgan fingerprint density at radius 1 is 0.346 bits per heavy atom. The van der Waals surface area contributed by atoms with Gasteiger partial charge in [-0.3, -0.25) is 0 Å². The highest BCUT2D eigenvalue weighted by molar-refractivity contribution is 7.18. The Balaban J connectivity index is 1.05. The summed E-state index contributed by atoms with van der Waals surface area (Å²) in [6.07, 6.45) is 0. The standard InChI is InChI=1S/C48H29NO2S/c1-2-8-30(9-3-1)45-26-27-46(52-45)31-14-18-34(19-15-31)49(35-20-24-37-32(28-35)16-22-41-39-10-4-6-12-43(39)50-47(37)41)36-21-25-38-33(29-36)17-23-42-40-11-5-7-13-44(40)51-48(38)42/h1-29H. The van der Waals surface area contributed by atoms with Crippen LogP contribution >= 0.6 is 11.3 Å². The summed E-state index contributed by atoms with van der Waals surface area (Å²) < 4.78 is 12.8. The summed E-state index contributed by atoms with van der Waals surface area (Å²) in [6, 6.07) is 62.7. The molecule has 0 spiro atoms. The number of benzene rings is 8. The SMILES string of the molecule is c1ccc(-c2ccc(-c3ccc(N(c4ccc5c(ccc6c7ccccc7oc56)c4)c4ccc5c(ccc6c7ccccc7oc56)c4)cc3)s2)cc1. The molecule has 3 nitrogen and oxygen atoms in total. The maximum atomic E-state index is 6.40. The predicted molar refractivity (Wildman–Crippen MR) is 219 cm³/mol. The lowest BCUT2D eigenvalue weighted by molar-refractivity contribution is 0.672. The molecule has 0 radical (unpaired) electrons. The predicted octanol–water partition coefficient (Wildman–Crippen LogP) is 14.7. The van der Waals surface area contributed by atoms with Crippen LogP contribution in [0.25, 0.3) is 86.3 Å². The van der Waals surface area contributed by atoms with Gasteiger partial charge in [-0.25, -0.2) is 0 Å². The van der Waals surface area contributed by atoms with Gasteiger partial charge in [-0.1, -0.05) is 91.0 Å². The Labute approximate surface area is 303 Å². The highest BCUT2D eigenvalue weighted by atomic mass is 32.1. The first kappa shape index (κ1) is 29.1. The first-order valence-electron chi connectivity index (χ1n) is 17.5. The van der Waals surface area contributed by atoms with Crippen LogP contribution in [0.1, 0.15) is 0 Å². The summed E-state index contributed by atoms with van der Waals surface area (Å²) in [5.74, 6) is 0. The number of hydrogen-bond donors (Lipinski definition) is 0. The third-order valence-electron chi connectivity index (χ3n) is 10.3. The molecule has 0 aliphatic rings. The van der Waals surface area contributed by atoms with E-state index in [1.165, 1.54) is 20.9 Å². The topological polar surface area (TPSA) is 29.5 Å². The van der Waals surface area contributed by atoms with Crippen molar-refractivity contribution in [3.8, 4) is 20.9 Å². The number of rotatable bonds is 5. The van der Waals surface area contributed by atoms with E-state index in [9.17, 15) is 0 Å². The highest BCUT2D eigenvalue weighted by Gasteiger charge is 2.18. The molecule has 0 amide bonds. The van der Waals surface area contributed by atoms with E-state index in [1.54, 1.807) is 0 Å². The first-order valence-corrected chi connectivity index (χ1v) is 18.3. The van der Waals surface area contributed by atoms with Crippen molar-refractivity contribution in [2.24, 2.45) is 0 Å². The number of thiophene rings is 1. The molecule has 0 N–H and O–H groups in total. The molecule has 11 aromatic rings. The van der Waals surface area contributed by atoms with Gasteiger partial charge in [0.15, 0.2) is 0 Å². The molecule has 0 saturated heterocycles. The number of nitrogens with zero attached hydrogens (tertiary/aromatic N) is 1. The van der Waals surface area contributed by atoms with E-state index in [0.717, 1.165) is 82.5 Å². The van der Waals surface area contributed by atoms with Crippen LogP contribution in [0.4, 0.5) is 17.1 Å². The van der Waals surface area contributed by atoms with Crippen molar-refractivity contribution < 1.29 is 8.83 Å². The van der Waals surface area contributed by atoms with Crippen molar-refractivity contribution in [1.82, 2.24) is 0 Å². The van der Waals surface area contributed by atoms with Gasteiger partial charge in [0, 0.05) is 59.1 Å². The normalized spacial score (nSPS) is 11.8. The Morgan fingerprint density at radius 3 is 1.37 bits per heavy atom. The minimum Gasteiger partial charge on any atom is -0.455 e. The zero-order valence-corrected chi connectivity index (χ0v) is 28.7. The smallest absolute Gasteiger partial charge is 0.143 e. The van der Waals surface area contributed by atoms with E-state index in [2.05, 4.69) is 157 Å². The lowest BCUT2D eigenvalue weighted by atomic mass is 10.0. The summed E-state index contributed by atoms with van der Waals surface area (Å²) in [4.78, 5) is 4.86. The average Bonchev–Trinajstić information content (AvgIpc) is 3.95. The molecular weight excluding hydrogens is 655 g/mol. The van der Waals surface area contributed by atoms with Gasteiger partial charge in [-0.05, 0) is 107 Å². The van der Waals surface area contributed by atoms with Crippen molar-refractivity contribution in [2.75, 3.05) is 4.90 Å². The fourth-order valence-corrected chi connectivity index (χ4v) is 8.77. The first-order chi connectivity index (χ1) is 25.7. The Kier molecular flexibility index (Phi) is 6.42. The van der Waals surface area contributed by atoms with E-state index in [0.29, 0.717) is 0 Å². The van der Waals surface area contributed by atoms with Crippen LogP contribution in [0.15, 0.2) is 185 Å². The van der Waals surface area contributed by atoms with Gasteiger partial charge < -0.3 is 13.7 Å². The van der Waals surface area contributed by atoms with Gasteiger partial charge in [-0.15, -0.1) is 11.3 Å². The van der Waals surface area contributed by atoms with Crippen molar-refractivity contribution in [3.05, 3.63) is 176 Å². The third-order valence-corrected chi connectivity index (χ3v) is 11.5. The van der Waals surface area contributed by atoms with Crippen molar-refractivity contribution >= 4 is 93.8 Å². The molecule has 0 fully saturated rings. The lowest BCUT2D eigenvalue weighted by Crippen LogP contribution is -2.09. The Bertz CT molecular complexity index is 2980. The zero-order valence-electron chi connectivity index (χ0n) is 27.9. The second-order valence-corrected chi connectivity index (χ2v) is 14.4. The number of anilines is 3. The molecule has 0 aliphatic carbocycles. The van der Waals surface area contributed by atoms with E-state index in [1.807, 2.05) is 35.6 Å². The summed E-state index contributed by atoms with van der Waals surface area (Å²) in [5.41, 5.74) is 9.34. The second-order valence-electron chi connectivity index (χ2n) is 13.3. The fourth-order valence-electron chi connectivity index (χ4n) is 7.75. The fraction of sp³-hybridized carbons (Fsp3) is 0. The molecule has 0 unspecified atom stereocenters. The van der Waals surface area contributed by atoms with Crippen molar-refractivity contribution in [1.29, 1.82) is 0 Å². The molecule has 52 heavy (non-hydrogen) atoms. The molecular formula is C48H29NO2S. The molecule has 11 rings (SSSR count). The minimum absolute atomic E-state index is 0.909. The molecule has 4 heteroatoms. The maximum absolute atomic E-state index is 6.40. The molecule has 0 atom stereocenters. The van der Waals surface area contributed by atoms with Gasteiger partial charge in [0.1, 0.15) is 22.3 Å². The summed E-state index contributed by atoms with van der Waals surface area (Å²) >= 11 is 1.82. The molecule has 0 bridgehead atoms. The zero-order chi connectivity index (χ0) is 34.2. The monoisotopic (exact) mass is 683 g/mol. The Morgan fingerprint density at radius 2 is 0.808 bits per heavy atom. The van der Waals surface area contributed by atoms with Gasteiger partial charge in [0.25, 0.3) is 0 Å². The average molecular weight is 684 g/mol. The van der Waals surface area contributed by atoms with Crippen LogP contribution in [0.5, 0.6) is 0 Å². The summed E-state index contributed by atoms with van der Waals surface area (Å²) in [6.45, 7) is 0. The molecule has 3 aromatic heterocycles. The number of para-hydroxylation sites is 2. The van der Waals surface area contributed by atoms with Crippen LogP contribution in [-0.4, -0.2) is 0 Å². The van der Waals surface area contributed by atoms with Gasteiger partial charge in [-0.2, -0.15) is 0 Å². The molecule has 0 aliphatic heterocycles. The van der Waals surface area contributed by atoms with Crippen LogP contribution in [0, 0.1) is 0 Å². The molecule has 3 heterocycles. The van der Waals surface area contributed by atoms with Crippen LogP contribution in [0.3, 0.4) is 0 Å². The molecule has 0 saturated carbocycles. The second kappa shape index (κ2) is 11.5. The van der Waals surface area contributed by atoms with Gasteiger partial charge in [0.05, 0.1) is 0 Å². The quantitative estimate of drug-likeness (QED) is 0.181. The van der Waals surface area contributed by atoms with Crippen LogP contribution < -0.4 is 4.90 Å². The summed E-state index contributed by atoms with van der Waals surface area (Å²) in [5, 5.41) is 9.02. The van der Waals surface area contributed by atoms with Gasteiger partial charge >= 0.3 is 0 Å². The number of hydrogen-bond acceptors (Lipinski definition) is 4. The minimum atomic E-state index is 0.909. The lowest BCUT2D eigenvalue weighted by Gasteiger charge is -2.26. The van der Waals surface area contributed by atoms with E-state index in [4.69, 9.17) is 8.83 Å². The van der Waals surface area contributed by atoms with E-state index < -0.39 is 0 Å². The largest absolute Gasteiger partial charge is 0.455 e. The van der Waals surface area contributed by atoms with Gasteiger partial charge in [0.2, 0.25) is 0 Å². The van der Waals surface area contributed by atoms with Crippen molar-refractivity contribution in [3.63, 3.8) is 0 Å². The van der Waals surface area contributed by atoms with E-state index in [-0.39, 0.29) is 0 Å². The molecule has 8 aromatic carbocycles. The summed E-state index contributed by atoms with van der Waals surface area (Å²) in [7, 11) is 0.